The summed E-state index contributed by atoms with van der Waals surface area (Å²) in [4.78, 5) is 0. The van der Waals surface area contributed by atoms with E-state index in [2.05, 4.69) is 0 Å². The maximum Gasteiger partial charge on any atom is 0.264 e. The van der Waals surface area contributed by atoms with Gasteiger partial charge in [0.15, 0.2) is 0 Å². The third-order valence-electron chi connectivity index (χ3n) is 1.23. The minimum atomic E-state index is -3.29. The van der Waals surface area contributed by atoms with Crippen LogP contribution in [0.1, 0.15) is 20.3 Å². The van der Waals surface area contributed by atoms with E-state index in [9.17, 15) is 8.42 Å². The first-order valence-electron chi connectivity index (χ1n) is 3.17. The Morgan fingerprint density at radius 2 is 2.00 bits per heavy atom. The molecule has 0 aromatic carbocycles. The Labute approximate surface area is 63.3 Å². The smallest absolute Gasteiger partial charge is 0.264 e. The second-order valence-corrected chi connectivity index (χ2v) is 4.48. The predicted molar refractivity (Wildman–Crippen MR) is 43.2 cm³/mol. The molecule has 0 aliphatic heterocycles. The van der Waals surface area contributed by atoms with Crippen LogP contribution in [0, 0.1) is 0 Å². The van der Waals surface area contributed by atoms with Crippen molar-refractivity contribution in [3.05, 3.63) is 0 Å². The first-order chi connectivity index (χ1) is 4.27. The van der Waals surface area contributed by atoms with Crippen molar-refractivity contribution in [3.63, 3.8) is 0 Å². The Morgan fingerprint density at radius 1 is 1.60 bits per heavy atom. The van der Waals surface area contributed by atoms with E-state index in [0.717, 1.165) is 6.26 Å². The van der Waals surface area contributed by atoms with Crippen molar-refractivity contribution in [2.75, 3.05) is 6.26 Å². The van der Waals surface area contributed by atoms with Crippen LogP contribution in [0.4, 0.5) is 0 Å². The molecule has 0 aromatic rings. The van der Waals surface area contributed by atoms with Crippen molar-refractivity contribution in [3.8, 4) is 0 Å². The largest absolute Gasteiger partial charge is 0.273 e. The van der Waals surface area contributed by atoms with Crippen LogP contribution in [-0.2, 0) is 14.3 Å². The van der Waals surface area contributed by atoms with E-state index >= 15 is 0 Å². The minimum Gasteiger partial charge on any atom is -0.273 e. The second-order valence-electron chi connectivity index (χ2n) is 2.90. The van der Waals surface area contributed by atoms with Gasteiger partial charge in [0.2, 0.25) is 0 Å². The van der Waals surface area contributed by atoms with Crippen molar-refractivity contribution >= 4 is 18.0 Å². The molecule has 0 saturated carbocycles. The van der Waals surface area contributed by atoms with E-state index in [1.165, 1.54) is 0 Å². The maximum absolute atomic E-state index is 10.6. The Kier molecular flexibility index (Phi) is 2.92. The van der Waals surface area contributed by atoms with Crippen LogP contribution in [-0.4, -0.2) is 28.0 Å². The summed E-state index contributed by atoms with van der Waals surface area (Å²) in [7, 11) is -1.55. The molecule has 0 aliphatic rings. The first-order valence-corrected chi connectivity index (χ1v) is 4.99. The topological polar surface area (TPSA) is 43.4 Å². The summed E-state index contributed by atoms with van der Waals surface area (Å²) in [6.45, 7) is 3.62. The van der Waals surface area contributed by atoms with E-state index in [-0.39, 0.29) is 0 Å². The van der Waals surface area contributed by atoms with Gasteiger partial charge >= 0.3 is 0 Å². The predicted octanol–water partition coefficient (Wildman–Crippen LogP) is -0.278. The van der Waals surface area contributed by atoms with Crippen LogP contribution >= 0.6 is 0 Å². The minimum absolute atomic E-state index is 0.562. The summed E-state index contributed by atoms with van der Waals surface area (Å²) in [5.41, 5.74) is -0.562. The highest BCUT2D eigenvalue weighted by Gasteiger charge is 2.20. The lowest BCUT2D eigenvalue weighted by molar-refractivity contribution is 0.183. The van der Waals surface area contributed by atoms with Gasteiger partial charge in [-0.3, -0.25) is 4.18 Å². The molecule has 0 spiro atoms. The molecule has 0 N–H and O–H groups in total. The second kappa shape index (κ2) is 2.92. The summed E-state index contributed by atoms with van der Waals surface area (Å²) in [5, 5.41) is 0. The molecule has 5 heteroatoms. The molecular formula is C5H13BO3S. The van der Waals surface area contributed by atoms with Crippen LogP contribution in [0.2, 0.25) is 0 Å². The lowest BCUT2D eigenvalue weighted by atomic mass is 9.82. The van der Waals surface area contributed by atoms with Crippen LogP contribution in [0.25, 0.3) is 0 Å². The van der Waals surface area contributed by atoms with Gasteiger partial charge in [-0.15, -0.1) is 0 Å². The molecule has 0 aliphatic carbocycles. The Hall–Kier alpha value is -0.0251. The average molecular weight is 164 g/mol. The molecule has 1 atom stereocenters. The van der Waals surface area contributed by atoms with Crippen LogP contribution < -0.4 is 0 Å². The lowest BCUT2D eigenvalue weighted by Crippen LogP contribution is -2.30. The monoisotopic (exact) mass is 164 g/mol. The van der Waals surface area contributed by atoms with E-state index in [0.29, 0.717) is 6.42 Å². The summed E-state index contributed by atoms with van der Waals surface area (Å²) >= 11 is 0. The van der Waals surface area contributed by atoms with Crippen LogP contribution in [0.5, 0.6) is 0 Å². The average Bonchev–Trinajstić information content (AvgIpc) is 1.60. The van der Waals surface area contributed by atoms with Crippen molar-refractivity contribution < 1.29 is 12.6 Å². The fourth-order valence-corrected chi connectivity index (χ4v) is 1.41. The number of rotatable bonds is 3. The van der Waals surface area contributed by atoms with Gasteiger partial charge < -0.3 is 0 Å². The Balaban J connectivity index is 4.16. The fraction of sp³-hybridized carbons (Fsp3) is 1.00. The summed E-state index contributed by atoms with van der Waals surface area (Å²) in [6, 6.07) is 0. The normalized spacial score (nSPS) is 18.3. The van der Waals surface area contributed by atoms with Crippen molar-refractivity contribution in [2.24, 2.45) is 0 Å². The van der Waals surface area contributed by atoms with Gasteiger partial charge in [0.25, 0.3) is 10.1 Å². The third kappa shape index (κ3) is 4.82. The van der Waals surface area contributed by atoms with E-state index in [1.807, 2.05) is 6.92 Å². The zero-order chi connectivity index (χ0) is 8.41. The molecule has 0 saturated heterocycles. The number of hydrogen-bond acceptors (Lipinski definition) is 3. The molecule has 1 unspecified atom stereocenters. The molecule has 0 aromatic heterocycles. The summed E-state index contributed by atoms with van der Waals surface area (Å²) in [6.07, 6.45) is 1.74. The Bertz CT molecular complexity index is 195. The molecule has 3 nitrogen and oxygen atoms in total. The van der Waals surface area contributed by atoms with E-state index < -0.39 is 15.6 Å². The first kappa shape index (κ1) is 9.97. The third-order valence-corrected chi connectivity index (χ3v) is 1.98. The fourth-order valence-electron chi connectivity index (χ4n) is 0.469. The van der Waals surface area contributed by atoms with Crippen LogP contribution in [0.15, 0.2) is 0 Å². The zero-order valence-corrected chi connectivity index (χ0v) is 7.66. The quantitative estimate of drug-likeness (QED) is 0.425. The van der Waals surface area contributed by atoms with E-state index in [1.54, 1.807) is 14.8 Å². The molecule has 0 fully saturated rings. The standard InChI is InChI=1S/C5H13BO3S/c1-4-5(2,6)9-10(3,7)8/h4,6H2,1-3H3. The molecular weight excluding hydrogens is 151 g/mol. The van der Waals surface area contributed by atoms with Gasteiger partial charge in [0.1, 0.15) is 7.85 Å². The van der Waals surface area contributed by atoms with Crippen molar-refractivity contribution in [2.45, 2.75) is 25.8 Å². The number of hydrogen-bond donors (Lipinski definition) is 0. The lowest BCUT2D eigenvalue weighted by Gasteiger charge is -2.20. The summed E-state index contributed by atoms with van der Waals surface area (Å²) < 4.78 is 25.9. The molecule has 0 rings (SSSR count). The van der Waals surface area contributed by atoms with Gasteiger partial charge in [-0.1, -0.05) is 6.92 Å². The van der Waals surface area contributed by atoms with Gasteiger partial charge in [0, 0.05) is 0 Å². The van der Waals surface area contributed by atoms with Crippen molar-refractivity contribution in [1.29, 1.82) is 0 Å². The highest BCUT2D eigenvalue weighted by molar-refractivity contribution is 7.86. The van der Waals surface area contributed by atoms with Crippen LogP contribution in [0.3, 0.4) is 0 Å². The highest BCUT2D eigenvalue weighted by Crippen LogP contribution is 2.11. The van der Waals surface area contributed by atoms with Gasteiger partial charge in [-0.05, 0) is 13.3 Å². The molecule has 10 heavy (non-hydrogen) atoms. The zero-order valence-electron chi connectivity index (χ0n) is 6.84. The summed E-state index contributed by atoms with van der Waals surface area (Å²) in [5.74, 6) is 0. The Morgan fingerprint density at radius 3 is 2.10 bits per heavy atom. The molecule has 0 amide bonds. The molecule has 0 heterocycles. The maximum atomic E-state index is 10.6. The van der Waals surface area contributed by atoms with Crippen molar-refractivity contribution in [1.82, 2.24) is 0 Å². The SMILES string of the molecule is BC(C)(CC)OS(C)(=O)=O. The van der Waals surface area contributed by atoms with Gasteiger partial charge in [0.05, 0.1) is 11.8 Å². The van der Waals surface area contributed by atoms with Gasteiger partial charge in [-0.25, -0.2) is 0 Å². The molecule has 0 bridgehead atoms. The molecule has 0 radical (unpaired) electrons. The molecule has 60 valence electrons. The van der Waals surface area contributed by atoms with Gasteiger partial charge in [-0.2, -0.15) is 8.42 Å². The van der Waals surface area contributed by atoms with E-state index in [4.69, 9.17) is 4.18 Å². The highest BCUT2D eigenvalue weighted by atomic mass is 32.2.